The fourth-order valence-electron chi connectivity index (χ4n) is 2.69. The van der Waals surface area contributed by atoms with Crippen LogP contribution < -0.4 is 10.6 Å². The molecule has 2 unspecified atom stereocenters. The maximum absolute atomic E-state index is 11.9. The zero-order valence-electron chi connectivity index (χ0n) is 10.9. The quantitative estimate of drug-likeness (QED) is 0.671. The Morgan fingerprint density at radius 3 is 2.71 bits per heavy atom. The molecular formula is C12H24N4O. The van der Waals surface area contributed by atoms with Gasteiger partial charge in [0.15, 0.2) is 0 Å². The van der Waals surface area contributed by atoms with Crippen LogP contribution in [0.1, 0.15) is 12.8 Å². The van der Waals surface area contributed by atoms with Gasteiger partial charge in [-0.3, -0.25) is 4.79 Å². The first-order valence-corrected chi connectivity index (χ1v) is 6.53. The lowest BCUT2D eigenvalue weighted by Gasteiger charge is -2.30. The van der Waals surface area contributed by atoms with Crippen LogP contribution in [-0.4, -0.2) is 74.6 Å². The molecule has 2 fully saturated rings. The maximum atomic E-state index is 11.9. The second-order valence-corrected chi connectivity index (χ2v) is 5.43. The predicted molar refractivity (Wildman–Crippen MR) is 67.9 cm³/mol. The highest BCUT2D eigenvalue weighted by atomic mass is 16.1. The first kappa shape index (κ1) is 12.8. The third-order valence-corrected chi connectivity index (χ3v) is 3.65. The van der Waals surface area contributed by atoms with Crippen LogP contribution in [0.2, 0.25) is 0 Å². The Labute approximate surface area is 104 Å². The molecule has 0 aromatic rings. The van der Waals surface area contributed by atoms with E-state index in [0.717, 1.165) is 39.1 Å². The summed E-state index contributed by atoms with van der Waals surface area (Å²) in [6.45, 7) is 5.11. The highest BCUT2D eigenvalue weighted by Gasteiger charge is 2.23. The first-order valence-electron chi connectivity index (χ1n) is 6.53. The molecule has 2 heterocycles. The van der Waals surface area contributed by atoms with Gasteiger partial charge in [-0.1, -0.05) is 0 Å². The van der Waals surface area contributed by atoms with E-state index in [-0.39, 0.29) is 5.91 Å². The molecule has 2 saturated heterocycles. The van der Waals surface area contributed by atoms with E-state index in [1.54, 1.807) is 0 Å². The average molecular weight is 240 g/mol. The van der Waals surface area contributed by atoms with Crippen molar-refractivity contribution in [2.24, 2.45) is 0 Å². The Balaban J connectivity index is 1.69. The molecule has 0 spiro atoms. The van der Waals surface area contributed by atoms with Gasteiger partial charge in [-0.15, -0.1) is 0 Å². The van der Waals surface area contributed by atoms with Crippen LogP contribution in [0.5, 0.6) is 0 Å². The molecule has 2 aliphatic rings. The molecule has 98 valence electrons. The van der Waals surface area contributed by atoms with Crippen LogP contribution in [0.15, 0.2) is 0 Å². The van der Waals surface area contributed by atoms with Gasteiger partial charge in [0, 0.05) is 44.7 Å². The minimum atomic E-state index is 0.193. The van der Waals surface area contributed by atoms with Crippen molar-refractivity contribution >= 4 is 5.91 Å². The molecule has 5 nitrogen and oxygen atoms in total. The normalized spacial score (nSPS) is 31.6. The summed E-state index contributed by atoms with van der Waals surface area (Å²) in [7, 11) is 4.21. The third-order valence-electron chi connectivity index (χ3n) is 3.65. The molecule has 2 aliphatic heterocycles. The highest BCUT2D eigenvalue weighted by molar-refractivity contribution is 5.77. The number of hydrogen-bond acceptors (Lipinski definition) is 4. The van der Waals surface area contributed by atoms with Crippen molar-refractivity contribution in [2.75, 3.05) is 46.8 Å². The van der Waals surface area contributed by atoms with Crippen LogP contribution in [0.4, 0.5) is 0 Å². The van der Waals surface area contributed by atoms with Gasteiger partial charge < -0.3 is 20.4 Å². The van der Waals surface area contributed by atoms with Crippen LogP contribution in [0.25, 0.3) is 0 Å². The SMILES string of the molecule is CN1CCNC(CC(=O)NC2CCN(C)C2)C1. The van der Waals surface area contributed by atoms with Crippen molar-refractivity contribution in [1.82, 2.24) is 20.4 Å². The molecular weight excluding hydrogens is 216 g/mol. The molecule has 2 atom stereocenters. The summed E-state index contributed by atoms with van der Waals surface area (Å²) in [6.07, 6.45) is 1.69. The third kappa shape index (κ3) is 3.94. The van der Waals surface area contributed by atoms with Crippen molar-refractivity contribution in [3.05, 3.63) is 0 Å². The number of carbonyl (C=O) groups is 1. The van der Waals surface area contributed by atoms with Crippen molar-refractivity contribution in [2.45, 2.75) is 24.9 Å². The van der Waals surface area contributed by atoms with E-state index in [0.29, 0.717) is 18.5 Å². The molecule has 0 radical (unpaired) electrons. The topological polar surface area (TPSA) is 47.6 Å². The molecule has 0 aliphatic carbocycles. The molecule has 1 amide bonds. The van der Waals surface area contributed by atoms with Crippen LogP contribution in [0, 0.1) is 0 Å². The van der Waals surface area contributed by atoms with Gasteiger partial charge in [-0.2, -0.15) is 0 Å². The van der Waals surface area contributed by atoms with E-state index in [2.05, 4.69) is 34.5 Å². The lowest BCUT2D eigenvalue weighted by atomic mass is 10.1. The Bertz CT molecular complexity index is 271. The minimum absolute atomic E-state index is 0.193. The summed E-state index contributed by atoms with van der Waals surface area (Å²) >= 11 is 0. The second-order valence-electron chi connectivity index (χ2n) is 5.43. The summed E-state index contributed by atoms with van der Waals surface area (Å²) in [6, 6.07) is 0.668. The van der Waals surface area contributed by atoms with E-state index in [4.69, 9.17) is 0 Å². The maximum Gasteiger partial charge on any atom is 0.221 e. The lowest BCUT2D eigenvalue weighted by molar-refractivity contribution is -0.122. The van der Waals surface area contributed by atoms with Gasteiger partial charge in [-0.25, -0.2) is 0 Å². The fraction of sp³-hybridized carbons (Fsp3) is 0.917. The van der Waals surface area contributed by atoms with Gasteiger partial charge in [0.25, 0.3) is 0 Å². The van der Waals surface area contributed by atoms with Crippen LogP contribution in [-0.2, 0) is 4.79 Å². The summed E-state index contributed by atoms with van der Waals surface area (Å²) in [5, 5.41) is 6.53. The van der Waals surface area contributed by atoms with Gasteiger partial charge in [0.1, 0.15) is 0 Å². The number of rotatable bonds is 3. The molecule has 0 saturated carbocycles. The molecule has 0 aromatic carbocycles. The Hall–Kier alpha value is -0.650. The summed E-state index contributed by atoms with van der Waals surface area (Å²) in [5.74, 6) is 0.193. The van der Waals surface area contributed by atoms with Crippen molar-refractivity contribution in [3.63, 3.8) is 0 Å². The lowest BCUT2D eigenvalue weighted by Crippen LogP contribution is -2.51. The second kappa shape index (κ2) is 5.80. The summed E-state index contributed by atoms with van der Waals surface area (Å²) in [5.41, 5.74) is 0. The molecule has 0 aromatic heterocycles. The highest BCUT2D eigenvalue weighted by Crippen LogP contribution is 2.07. The molecule has 2 N–H and O–H groups in total. The number of amides is 1. The monoisotopic (exact) mass is 240 g/mol. The first-order chi connectivity index (χ1) is 8.13. The number of likely N-dealkylation sites (N-methyl/N-ethyl adjacent to an activating group) is 2. The van der Waals surface area contributed by atoms with E-state index in [9.17, 15) is 4.79 Å². The standard InChI is InChI=1S/C12H24N4O/c1-15-5-3-10(8-15)14-12(17)7-11-9-16(2)6-4-13-11/h10-11,13H,3-9H2,1-2H3,(H,14,17). The zero-order valence-corrected chi connectivity index (χ0v) is 10.9. The summed E-state index contributed by atoms with van der Waals surface area (Å²) < 4.78 is 0. The smallest absolute Gasteiger partial charge is 0.221 e. The van der Waals surface area contributed by atoms with E-state index in [1.165, 1.54) is 0 Å². The largest absolute Gasteiger partial charge is 0.352 e. The number of hydrogen-bond donors (Lipinski definition) is 2. The number of carbonyl (C=O) groups excluding carboxylic acids is 1. The fourth-order valence-corrected chi connectivity index (χ4v) is 2.69. The zero-order chi connectivity index (χ0) is 12.3. The summed E-state index contributed by atoms with van der Waals surface area (Å²) in [4.78, 5) is 16.4. The molecule has 2 rings (SSSR count). The van der Waals surface area contributed by atoms with E-state index < -0.39 is 0 Å². The Kier molecular flexibility index (Phi) is 4.36. The van der Waals surface area contributed by atoms with E-state index >= 15 is 0 Å². The number of likely N-dealkylation sites (tertiary alicyclic amines) is 1. The van der Waals surface area contributed by atoms with Crippen molar-refractivity contribution < 1.29 is 4.79 Å². The van der Waals surface area contributed by atoms with Crippen molar-refractivity contribution in [1.29, 1.82) is 0 Å². The van der Waals surface area contributed by atoms with E-state index in [1.807, 2.05) is 0 Å². The Morgan fingerprint density at radius 2 is 2.06 bits per heavy atom. The van der Waals surface area contributed by atoms with Crippen LogP contribution >= 0.6 is 0 Å². The van der Waals surface area contributed by atoms with Gasteiger partial charge in [0.2, 0.25) is 5.91 Å². The van der Waals surface area contributed by atoms with Crippen LogP contribution in [0.3, 0.4) is 0 Å². The van der Waals surface area contributed by atoms with Crippen molar-refractivity contribution in [3.8, 4) is 0 Å². The van der Waals surface area contributed by atoms with Gasteiger partial charge >= 0.3 is 0 Å². The number of piperazine rings is 1. The minimum Gasteiger partial charge on any atom is -0.352 e. The number of nitrogens with one attached hydrogen (secondary N) is 2. The van der Waals surface area contributed by atoms with Gasteiger partial charge in [0.05, 0.1) is 0 Å². The molecule has 0 bridgehead atoms. The molecule has 17 heavy (non-hydrogen) atoms. The molecule has 5 heteroatoms. The Morgan fingerprint density at radius 1 is 1.29 bits per heavy atom. The predicted octanol–water partition coefficient (Wildman–Crippen LogP) is -0.900. The average Bonchev–Trinajstić information content (AvgIpc) is 2.63. The number of nitrogens with zero attached hydrogens (tertiary/aromatic N) is 2. The van der Waals surface area contributed by atoms with Gasteiger partial charge in [-0.05, 0) is 27.1 Å².